The van der Waals surface area contributed by atoms with Gasteiger partial charge in [-0.25, -0.2) is 4.98 Å². The fourth-order valence-electron chi connectivity index (χ4n) is 2.72. The van der Waals surface area contributed by atoms with Crippen LogP contribution in [0, 0.1) is 5.92 Å². The van der Waals surface area contributed by atoms with E-state index >= 15 is 0 Å². The van der Waals surface area contributed by atoms with Crippen LogP contribution in [0.25, 0.3) is 11.6 Å². The molecule has 9 heteroatoms. The highest BCUT2D eigenvalue weighted by molar-refractivity contribution is 5.41. The summed E-state index contributed by atoms with van der Waals surface area (Å²) in [5, 5.41) is 13.5. The number of rotatable bonds is 4. The van der Waals surface area contributed by atoms with Crippen LogP contribution in [0.1, 0.15) is 43.3 Å². The summed E-state index contributed by atoms with van der Waals surface area (Å²) in [6, 6.07) is 0. The van der Waals surface area contributed by atoms with Gasteiger partial charge in [-0.1, -0.05) is 5.16 Å². The number of nitrogens with zero attached hydrogens (tertiary/aromatic N) is 4. The third-order valence-electron chi connectivity index (χ3n) is 4.23. The molecule has 0 radical (unpaired) electrons. The summed E-state index contributed by atoms with van der Waals surface area (Å²) in [6.07, 6.45) is 2.91. The Morgan fingerprint density at radius 1 is 1.05 bits per heavy atom. The first-order valence-electron chi connectivity index (χ1n) is 7.50. The lowest BCUT2D eigenvalue weighted by Gasteiger charge is -2.27. The first-order chi connectivity index (χ1) is 10.6. The molecule has 1 aliphatic heterocycles. The highest BCUT2D eigenvalue weighted by Gasteiger charge is 2.47. The number of hydrogen-bond acceptors (Lipinski definition) is 6. The summed E-state index contributed by atoms with van der Waals surface area (Å²) >= 11 is 0. The predicted octanol–water partition coefficient (Wildman–Crippen LogP) is 1.82. The zero-order valence-electron chi connectivity index (χ0n) is 11.9. The number of hydrogen-bond donors (Lipinski definition) is 2. The summed E-state index contributed by atoms with van der Waals surface area (Å²) < 4.78 is 33.7. The Labute approximate surface area is 124 Å². The molecule has 0 aromatic carbocycles. The van der Waals surface area contributed by atoms with E-state index in [1.165, 1.54) is 0 Å². The van der Waals surface area contributed by atoms with E-state index in [1.54, 1.807) is 0 Å². The maximum Gasteiger partial charge on any atom is 0.327 e. The number of nitrogens with one attached hydrogen (secondary N) is 2. The average molecular weight is 310 g/mol. The molecular weight excluding hydrogens is 294 g/mol. The smallest absolute Gasteiger partial charge is 0.327 e. The van der Waals surface area contributed by atoms with E-state index in [4.69, 9.17) is 4.52 Å². The van der Waals surface area contributed by atoms with E-state index in [-0.39, 0.29) is 11.6 Å². The number of aromatic nitrogens is 5. The van der Waals surface area contributed by atoms with Gasteiger partial charge in [-0.15, -0.1) is 5.10 Å². The van der Waals surface area contributed by atoms with Crippen LogP contribution >= 0.6 is 0 Å². The Hall–Kier alpha value is -1.90. The minimum Gasteiger partial charge on any atom is -0.332 e. The standard InChI is InChI=1S/C13H16F2N6O/c14-13(15,8-3-5-16-6-4-8)12-18-11(21-22-12)10-17-9(19-20-10)7-1-2-7/h7-8,16H,1-6H2,(H,17,19,20). The molecule has 0 spiro atoms. The number of aromatic amines is 1. The summed E-state index contributed by atoms with van der Waals surface area (Å²) in [5.41, 5.74) is 0. The molecule has 7 nitrogen and oxygen atoms in total. The van der Waals surface area contributed by atoms with Crippen LogP contribution in [0.2, 0.25) is 0 Å². The third kappa shape index (κ3) is 2.39. The van der Waals surface area contributed by atoms with Crippen LogP contribution in [0.5, 0.6) is 0 Å². The van der Waals surface area contributed by atoms with E-state index in [1.807, 2.05) is 0 Å². The molecule has 0 unspecified atom stereocenters. The summed E-state index contributed by atoms with van der Waals surface area (Å²) in [5.74, 6) is -3.19. The molecule has 2 aromatic rings. The van der Waals surface area contributed by atoms with Gasteiger partial charge in [-0.3, -0.25) is 5.10 Å². The quantitative estimate of drug-likeness (QED) is 0.895. The van der Waals surface area contributed by atoms with Crippen molar-refractivity contribution < 1.29 is 13.3 Å². The molecule has 2 aliphatic rings. The lowest BCUT2D eigenvalue weighted by Crippen LogP contribution is -2.36. The van der Waals surface area contributed by atoms with Gasteiger partial charge in [-0.2, -0.15) is 13.8 Å². The van der Waals surface area contributed by atoms with Gasteiger partial charge >= 0.3 is 5.92 Å². The van der Waals surface area contributed by atoms with Crippen LogP contribution in [-0.2, 0) is 5.92 Å². The van der Waals surface area contributed by atoms with Crippen LogP contribution in [0.4, 0.5) is 8.78 Å². The van der Waals surface area contributed by atoms with E-state index in [9.17, 15) is 8.78 Å². The van der Waals surface area contributed by atoms with Gasteiger partial charge in [0.1, 0.15) is 5.82 Å². The Morgan fingerprint density at radius 3 is 2.55 bits per heavy atom. The SMILES string of the molecule is FC(F)(c1nc(-c2n[nH]c(C3CC3)n2)no1)C1CCNCC1. The Balaban J connectivity index is 1.56. The maximum atomic E-state index is 14.4. The molecule has 0 bridgehead atoms. The van der Waals surface area contributed by atoms with Crippen molar-refractivity contribution in [2.24, 2.45) is 5.92 Å². The van der Waals surface area contributed by atoms with Gasteiger partial charge in [0, 0.05) is 11.8 Å². The highest BCUT2D eigenvalue weighted by Crippen LogP contribution is 2.40. The molecule has 0 atom stereocenters. The second-order valence-electron chi connectivity index (χ2n) is 5.89. The van der Waals surface area contributed by atoms with E-state index < -0.39 is 17.7 Å². The first-order valence-corrected chi connectivity index (χ1v) is 7.50. The third-order valence-corrected chi connectivity index (χ3v) is 4.23. The van der Waals surface area contributed by atoms with Crippen molar-refractivity contribution in [3.63, 3.8) is 0 Å². The molecule has 118 valence electrons. The first kappa shape index (κ1) is 13.7. The average Bonchev–Trinajstić information content (AvgIpc) is 3.06. The number of H-pyrrole nitrogens is 1. The second kappa shape index (κ2) is 5.08. The predicted molar refractivity (Wildman–Crippen MR) is 71.1 cm³/mol. The van der Waals surface area contributed by atoms with E-state index in [0.717, 1.165) is 18.7 Å². The van der Waals surface area contributed by atoms with Crippen LogP contribution in [0.15, 0.2) is 4.52 Å². The molecule has 22 heavy (non-hydrogen) atoms. The summed E-state index contributed by atoms with van der Waals surface area (Å²) in [4.78, 5) is 8.07. The zero-order chi connectivity index (χ0) is 15.2. The van der Waals surface area contributed by atoms with Crippen molar-refractivity contribution in [2.45, 2.75) is 37.5 Å². The van der Waals surface area contributed by atoms with Crippen molar-refractivity contribution in [1.29, 1.82) is 0 Å². The Morgan fingerprint density at radius 2 is 1.82 bits per heavy atom. The van der Waals surface area contributed by atoms with Crippen LogP contribution in [-0.4, -0.2) is 38.4 Å². The van der Waals surface area contributed by atoms with Gasteiger partial charge in [0.05, 0.1) is 0 Å². The topological polar surface area (TPSA) is 92.5 Å². The van der Waals surface area contributed by atoms with E-state index in [0.29, 0.717) is 31.8 Å². The highest BCUT2D eigenvalue weighted by atomic mass is 19.3. The van der Waals surface area contributed by atoms with Gasteiger partial charge in [0.15, 0.2) is 0 Å². The molecular formula is C13H16F2N6O. The summed E-state index contributed by atoms with van der Waals surface area (Å²) in [6.45, 7) is 1.15. The minimum atomic E-state index is -3.12. The molecule has 3 heterocycles. The Bertz CT molecular complexity index is 659. The van der Waals surface area contributed by atoms with Crippen molar-refractivity contribution in [1.82, 2.24) is 30.6 Å². The summed E-state index contributed by atoms with van der Waals surface area (Å²) in [7, 11) is 0. The number of piperidine rings is 1. The van der Waals surface area contributed by atoms with Crippen molar-refractivity contribution in [3.05, 3.63) is 11.7 Å². The molecule has 1 aliphatic carbocycles. The van der Waals surface area contributed by atoms with Crippen LogP contribution in [0.3, 0.4) is 0 Å². The molecule has 4 rings (SSSR count). The molecule has 0 amide bonds. The van der Waals surface area contributed by atoms with Crippen molar-refractivity contribution in [3.8, 4) is 11.6 Å². The van der Waals surface area contributed by atoms with Gasteiger partial charge in [0.25, 0.3) is 5.89 Å². The molecule has 2 fully saturated rings. The van der Waals surface area contributed by atoms with Crippen molar-refractivity contribution >= 4 is 0 Å². The molecule has 1 saturated heterocycles. The largest absolute Gasteiger partial charge is 0.332 e. The van der Waals surface area contributed by atoms with Gasteiger partial charge in [-0.05, 0) is 38.8 Å². The fourth-order valence-corrected chi connectivity index (χ4v) is 2.72. The Kier molecular flexibility index (Phi) is 3.17. The fraction of sp³-hybridized carbons (Fsp3) is 0.692. The minimum absolute atomic E-state index is 0.00626. The molecule has 2 aromatic heterocycles. The molecule has 2 N–H and O–H groups in total. The van der Waals surface area contributed by atoms with E-state index in [2.05, 4.69) is 30.6 Å². The maximum absolute atomic E-state index is 14.4. The monoisotopic (exact) mass is 310 g/mol. The number of halogens is 2. The molecule has 1 saturated carbocycles. The number of alkyl halides is 2. The van der Waals surface area contributed by atoms with Crippen LogP contribution < -0.4 is 5.32 Å². The normalized spacial score (nSPS) is 20.5. The lowest BCUT2D eigenvalue weighted by atomic mass is 9.91. The second-order valence-corrected chi connectivity index (χ2v) is 5.89. The lowest BCUT2D eigenvalue weighted by molar-refractivity contribution is -0.0993. The van der Waals surface area contributed by atoms with Gasteiger partial charge in [0.2, 0.25) is 11.6 Å². The zero-order valence-corrected chi connectivity index (χ0v) is 11.9. The van der Waals surface area contributed by atoms with Crippen molar-refractivity contribution in [2.75, 3.05) is 13.1 Å². The van der Waals surface area contributed by atoms with Gasteiger partial charge < -0.3 is 9.84 Å².